The monoisotopic (exact) mass is 595 g/mol. The van der Waals surface area contributed by atoms with Crippen LogP contribution in [0.15, 0.2) is 41.3 Å². The van der Waals surface area contributed by atoms with Crippen molar-refractivity contribution in [1.82, 2.24) is 4.72 Å². The number of hydrogen-bond donors (Lipinski definition) is 1. The first-order valence-electron chi connectivity index (χ1n) is 10.5. The smallest absolute Gasteiger partial charge is 0.470 e. The molecular formula is C21H17ClF7NO5S2. The highest BCUT2D eigenvalue weighted by Crippen LogP contribution is 2.56. The Bertz CT molecular complexity index is 1430. The van der Waals surface area contributed by atoms with Crippen LogP contribution in [0.5, 0.6) is 5.75 Å². The molecule has 1 heterocycles. The van der Waals surface area contributed by atoms with Gasteiger partial charge in [-0.1, -0.05) is 11.6 Å². The minimum atomic E-state index is -6.41. The van der Waals surface area contributed by atoms with Crippen molar-refractivity contribution in [3.8, 4) is 5.75 Å². The van der Waals surface area contributed by atoms with Crippen molar-refractivity contribution in [3.05, 3.63) is 58.6 Å². The molecule has 1 aliphatic heterocycles. The van der Waals surface area contributed by atoms with Gasteiger partial charge in [0.1, 0.15) is 10.6 Å². The number of sulfonamides is 1. The van der Waals surface area contributed by atoms with Gasteiger partial charge >= 0.3 is 11.4 Å². The molecule has 0 bridgehead atoms. The maximum atomic E-state index is 15.2. The van der Waals surface area contributed by atoms with Crippen LogP contribution in [-0.2, 0) is 24.6 Å². The Kier molecular flexibility index (Phi) is 6.78. The van der Waals surface area contributed by atoms with Crippen molar-refractivity contribution in [2.45, 2.75) is 46.4 Å². The highest BCUT2D eigenvalue weighted by Gasteiger charge is 2.68. The minimum absolute atomic E-state index is 0.168. The summed E-state index contributed by atoms with van der Waals surface area (Å²) in [5.41, 5.74) is -0.666. The van der Waals surface area contributed by atoms with Crippen molar-refractivity contribution in [2.75, 3.05) is 6.61 Å². The molecule has 204 valence electrons. The second-order valence-electron chi connectivity index (χ2n) is 8.70. The van der Waals surface area contributed by atoms with Gasteiger partial charge in [0.05, 0.1) is 17.1 Å². The normalized spacial score (nSPS) is 24.6. The Labute approximate surface area is 211 Å². The molecule has 1 N–H and O–H groups in total. The van der Waals surface area contributed by atoms with Gasteiger partial charge in [0, 0.05) is 17.0 Å². The topological polar surface area (TPSA) is 89.5 Å². The van der Waals surface area contributed by atoms with Crippen LogP contribution in [-0.4, -0.2) is 40.9 Å². The number of alkyl halides is 5. The number of ether oxygens (including phenoxy) is 1. The summed E-state index contributed by atoms with van der Waals surface area (Å²) < 4.78 is 151. The van der Waals surface area contributed by atoms with Crippen LogP contribution in [0.2, 0.25) is 5.02 Å². The lowest BCUT2D eigenvalue weighted by Gasteiger charge is -2.49. The highest BCUT2D eigenvalue weighted by molar-refractivity contribution is 7.92. The van der Waals surface area contributed by atoms with E-state index in [1.807, 2.05) is 0 Å². The zero-order chi connectivity index (χ0) is 27.6. The molecule has 2 aliphatic rings. The molecule has 37 heavy (non-hydrogen) atoms. The lowest BCUT2D eigenvalue weighted by atomic mass is 9.71. The Morgan fingerprint density at radius 2 is 1.54 bits per heavy atom. The Morgan fingerprint density at radius 3 is 2.14 bits per heavy atom. The number of benzene rings is 2. The molecule has 0 unspecified atom stereocenters. The Hall–Kier alpha value is -2.10. The second-order valence-corrected chi connectivity index (χ2v) is 13.1. The van der Waals surface area contributed by atoms with Gasteiger partial charge < -0.3 is 4.74 Å². The average molecular weight is 596 g/mol. The summed E-state index contributed by atoms with van der Waals surface area (Å²) in [6.45, 7) is -0.617. The number of halogens is 8. The molecule has 0 amide bonds. The minimum Gasteiger partial charge on any atom is -0.490 e. The van der Waals surface area contributed by atoms with Crippen LogP contribution in [0.3, 0.4) is 0 Å². The van der Waals surface area contributed by atoms with Crippen molar-refractivity contribution in [1.29, 1.82) is 0 Å². The molecule has 0 saturated heterocycles. The van der Waals surface area contributed by atoms with E-state index in [-0.39, 0.29) is 9.92 Å². The maximum absolute atomic E-state index is 15.2. The van der Waals surface area contributed by atoms with E-state index in [2.05, 4.69) is 0 Å². The maximum Gasteiger partial charge on any atom is 0.470 e. The van der Waals surface area contributed by atoms with Crippen LogP contribution < -0.4 is 9.46 Å². The van der Waals surface area contributed by atoms with E-state index in [1.54, 1.807) is 0 Å². The first kappa shape index (κ1) is 27.9. The van der Waals surface area contributed by atoms with Crippen molar-refractivity contribution in [3.63, 3.8) is 0 Å². The van der Waals surface area contributed by atoms with Crippen LogP contribution in [0, 0.1) is 17.6 Å². The zero-order valence-electron chi connectivity index (χ0n) is 18.3. The Balaban J connectivity index is 1.81. The van der Waals surface area contributed by atoms with Gasteiger partial charge in [0.2, 0.25) is 0 Å². The molecule has 2 aromatic rings. The van der Waals surface area contributed by atoms with E-state index < -0.39 is 96.8 Å². The van der Waals surface area contributed by atoms with Crippen LogP contribution in [0.1, 0.15) is 24.8 Å². The number of nitrogens with one attached hydrogen (secondary N) is 1. The standard InChI is InChI=1S/C21H17ClF7NO5S2/c22-12-1-3-14(4-2-12)36(31,32)19-8-7-13(30-37(33,34)21(28,29)20(25,26)27)9-11(19)10-35-18-16(24)6-5-15(23)17(18)19/h1-6,11,13,30H,7-10H2/t11-,13-,19+/m1/s1. The zero-order valence-corrected chi connectivity index (χ0v) is 20.7. The Morgan fingerprint density at radius 1 is 0.946 bits per heavy atom. The predicted octanol–water partition coefficient (Wildman–Crippen LogP) is 4.92. The molecular weight excluding hydrogens is 579 g/mol. The third-order valence-electron chi connectivity index (χ3n) is 6.60. The molecule has 0 spiro atoms. The molecule has 1 saturated carbocycles. The largest absolute Gasteiger partial charge is 0.490 e. The van der Waals surface area contributed by atoms with E-state index >= 15 is 4.39 Å². The first-order chi connectivity index (χ1) is 17.0. The summed E-state index contributed by atoms with van der Waals surface area (Å²) in [5, 5.41) is -5.96. The molecule has 16 heteroatoms. The molecule has 2 aromatic carbocycles. The van der Waals surface area contributed by atoms with E-state index in [4.69, 9.17) is 16.3 Å². The van der Waals surface area contributed by atoms with Gasteiger partial charge in [0.15, 0.2) is 21.4 Å². The summed E-state index contributed by atoms with van der Waals surface area (Å²) in [6.07, 6.45) is -8.28. The van der Waals surface area contributed by atoms with E-state index in [0.717, 1.165) is 18.2 Å². The average Bonchev–Trinajstić information content (AvgIpc) is 2.80. The summed E-state index contributed by atoms with van der Waals surface area (Å²) in [4.78, 5) is -0.346. The van der Waals surface area contributed by atoms with E-state index in [1.165, 1.54) is 16.9 Å². The summed E-state index contributed by atoms with van der Waals surface area (Å²) in [7, 11) is -10.9. The summed E-state index contributed by atoms with van der Waals surface area (Å²) >= 11 is 5.83. The van der Waals surface area contributed by atoms with Crippen molar-refractivity contribution in [2.24, 2.45) is 5.92 Å². The lowest BCUT2D eigenvalue weighted by molar-refractivity contribution is -0.241. The molecule has 4 rings (SSSR count). The highest BCUT2D eigenvalue weighted by atomic mass is 35.5. The second kappa shape index (κ2) is 8.99. The molecule has 0 radical (unpaired) electrons. The van der Waals surface area contributed by atoms with Crippen molar-refractivity contribution < 1.29 is 52.3 Å². The van der Waals surface area contributed by atoms with Gasteiger partial charge in [-0.2, -0.15) is 22.0 Å². The fourth-order valence-electron chi connectivity index (χ4n) is 4.89. The number of fused-ring (bicyclic) bond motifs is 3. The molecule has 0 aromatic heterocycles. The SMILES string of the molecule is O=S(=O)(N[C@@H]1CC[C@@]2(S(=O)(=O)c3ccc(Cl)cc3)c3c(F)ccc(F)c3OC[C@H]2C1)C(F)(F)C(F)(F)F. The van der Waals surface area contributed by atoms with Gasteiger partial charge in [-0.25, -0.2) is 30.3 Å². The van der Waals surface area contributed by atoms with Gasteiger partial charge in [0.25, 0.3) is 10.0 Å². The van der Waals surface area contributed by atoms with Crippen molar-refractivity contribution >= 4 is 31.5 Å². The first-order valence-corrected chi connectivity index (χ1v) is 13.9. The predicted molar refractivity (Wildman–Crippen MR) is 116 cm³/mol. The van der Waals surface area contributed by atoms with Gasteiger partial charge in [-0.3, -0.25) is 0 Å². The fourth-order valence-corrected chi connectivity index (χ4v) is 8.49. The molecule has 1 fully saturated rings. The number of rotatable bonds is 5. The third-order valence-corrected chi connectivity index (χ3v) is 11.0. The number of sulfone groups is 1. The van der Waals surface area contributed by atoms with E-state index in [9.17, 15) is 43.2 Å². The third kappa shape index (κ3) is 4.27. The molecule has 6 nitrogen and oxygen atoms in total. The summed E-state index contributed by atoms with van der Waals surface area (Å²) in [6, 6.07) is 4.53. The fraction of sp³-hybridized carbons (Fsp3) is 0.429. The molecule has 3 atom stereocenters. The van der Waals surface area contributed by atoms with Crippen LogP contribution >= 0.6 is 11.6 Å². The van der Waals surface area contributed by atoms with Crippen LogP contribution in [0.4, 0.5) is 30.7 Å². The van der Waals surface area contributed by atoms with Crippen LogP contribution in [0.25, 0.3) is 0 Å². The van der Waals surface area contributed by atoms with Gasteiger partial charge in [-0.05, 0) is 55.7 Å². The summed E-state index contributed by atoms with van der Waals surface area (Å²) in [5.74, 6) is -4.27. The lowest BCUT2D eigenvalue weighted by Crippen LogP contribution is -2.58. The van der Waals surface area contributed by atoms with E-state index in [0.29, 0.717) is 6.07 Å². The number of hydrogen-bond acceptors (Lipinski definition) is 5. The van der Waals surface area contributed by atoms with Gasteiger partial charge in [-0.15, -0.1) is 0 Å². The molecule has 1 aliphatic carbocycles. The quantitative estimate of drug-likeness (QED) is 0.496.